The number of hydrogen-bond acceptors (Lipinski definition) is 6. The van der Waals surface area contributed by atoms with Crippen molar-refractivity contribution in [1.82, 2.24) is 4.72 Å². The fraction of sp³-hybridized carbons (Fsp3) is 0.818. The van der Waals surface area contributed by atoms with Crippen LogP contribution in [0.5, 0.6) is 0 Å². The molecule has 0 heterocycles. The molecule has 0 spiro atoms. The number of nitrogens with one attached hydrogen (secondary N) is 1. The number of carboxylic acid groups (broad SMARTS) is 1. The van der Waals surface area contributed by atoms with Crippen LogP contribution in [0.1, 0.15) is 26.7 Å². The number of methoxy groups -OCH3 is 1. The minimum absolute atomic E-state index is 0.0314. The van der Waals surface area contributed by atoms with Crippen molar-refractivity contribution in [3.05, 3.63) is 0 Å². The van der Waals surface area contributed by atoms with Gasteiger partial charge >= 0.3 is 11.9 Å². The van der Waals surface area contributed by atoms with E-state index in [-0.39, 0.29) is 31.3 Å². The van der Waals surface area contributed by atoms with Crippen molar-refractivity contribution in [1.29, 1.82) is 0 Å². The van der Waals surface area contributed by atoms with Crippen molar-refractivity contribution in [3.8, 4) is 0 Å². The number of esters is 1. The molecule has 2 N–H and O–H groups in total. The molecule has 0 rings (SSSR count). The lowest BCUT2D eigenvalue weighted by Gasteiger charge is -2.14. The summed E-state index contributed by atoms with van der Waals surface area (Å²) in [6, 6.07) is -1.36. The first-order chi connectivity index (χ1) is 9.18. The third kappa shape index (κ3) is 8.83. The van der Waals surface area contributed by atoms with E-state index in [2.05, 4.69) is 4.74 Å². The standard InChI is InChI=1S/C11H21NO7S/c1-8(2)19-6-7-20(16,17)12-9(11(14)15)4-5-10(13)18-3/h8-9,12H,4-7H2,1-3H3,(H,14,15)/t9-/m1/s1. The van der Waals surface area contributed by atoms with Gasteiger partial charge in [-0.1, -0.05) is 0 Å². The van der Waals surface area contributed by atoms with Crippen LogP contribution >= 0.6 is 0 Å². The highest BCUT2D eigenvalue weighted by molar-refractivity contribution is 7.89. The second-order valence-electron chi connectivity index (χ2n) is 4.36. The summed E-state index contributed by atoms with van der Waals surface area (Å²) in [5, 5.41) is 8.93. The Balaban J connectivity index is 4.42. The van der Waals surface area contributed by atoms with Crippen molar-refractivity contribution in [2.24, 2.45) is 0 Å². The monoisotopic (exact) mass is 311 g/mol. The average molecular weight is 311 g/mol. The van der Waals surface area contributed by atoms with Gasteiger partial charge < -0.3 is 14.6 Å². The molecule has 0 aromatic heterocycles. The van der Waals surface area contributed by atoms with E-state index >= 15 is 0 Å². The molecular formula is C11H21NO7S. The topological polar surface area (TPSA) is 119 Å². The van der Waals surface area contributed by atoms with Crippen LogP contribution in [0.3, 0.4) is 0 Å². The lowest BCUT2D eigenvalue weighted by atomic mass is 10.2. The molecule has 9 heteroatoms. The van der Waals surface area contributed by atoms with Gasteiger partial charge in [-0.2, -0.15) is 0 Å². The Kier molecular flexibility index (Phi) is 8.35. The van der Waals surface area contributed by atoms with Gasteiger partial charge in [0.1, 0.15) is 6.04 Å². The number of carboxylic acids is 1. The van der Waals surface area contributed by atoms with Crippen LogP contribution in [-0.4, -0.2) is 57.1 Å². The van der Waals surface area contributed by atoms with Gasteiger partial charge in [0.2, 0.25) is 10.0 Å². The Morgan fingerprint density at radius 2 is 1.90 bits per heavy atom. The molecule has 0 aromatic rings. The van der Waals surface area contributed by atoms with Gasteiger partial charge in [-0.15, -0.1) is 0 Å². The molecule has 0 aliphatic carbocycles. The van der Waals surface area contributed by atoms with Crippen molar-refractivity contribution in [3.63, 3.8) is 0 Å². The van der Waals surface area contributed by atoms with Gasteiger partial charge in [0, 0.05) is 6.42 Å². The molecule has 1 atom stereocenters. The summed E-state index contributed by atoms with van der Waals surface area (Å²) in [5.74, 6) is -2.28. The number of rotatable bonds is 10. The van der Waals surface area contributed by atoms with Gasteiger partial charge in [0.05, 0.1) is 25.6 Å². The summed E-state index contributed by atoms with van der Waals surface area (Å²) in [5.41, 5.74) is 0. The summed E-state index contributed by atoms with van der Waals surface area (Å²) in [6.45, 7) is 3.49. The first kappa shape index (κ1) is 18.8. The van der Waals surface area contributed by atoms with E-state index in [4.69, 9.17) is 9.84 Å². The van der Waals surface area contributed by atoms with Gasteiger partial charge in [0.15, 0.2) is 0 Å². The van der Waals surface area contributed by atoms with Gasteiger partial charge in [0.25, 0.3) is 0 Å². The molecule has 0 aromatic carbocycles. The van der Waals surface area contributed by atoms with E-state index < -0.39 is 28.0 Å². The largest absolute Gasteiger partial charge is 0.480 e. The number of carbonyl (C=O) groups is 2. The molecule has 0 amide bonds. The first-order valence-electron chi connectivity index (χ1n) is 6.09. The summed E-state index contributed by atoms with van der Waals surface area (Å²) >= 11 is 0. The van der Waals surface area contributed by atoms with Crippen LogP contribution in [0.25, 0.3) is 0 Å². The Bertz CT molecular complexity index is 418. The highest BCUT2D eigenvalue weighted by atomic mass is 32.2. The fourth-order valence-corrected chi connectivity index (χ4v) is 2.35. The van der Waals surface area contributed by atoms with E-state index in [1.807, 2.05) is 4.72 Å². The quantitative estimate of drug-likeness (QED) is 0.533. The van der Waals surface area contributed by atoms with Crippen LogP contribution in [0.2, 0.25) is 0 Å². The summed E-state index contributed by atoms with van der Waals surface area (Å²) in [6.07, 6.45) is -0.468. The number of aliphatic carboxylic acids is 1. The van der Waals surface area contributed by atoms with E-state index in [1.54, 1.807) is 13.8 Å². The normalized spacial score (nSPS) is 13.2. The van der Waals surface area contributed by atoms with Crippen molar-refractivity contribution in [2.45, 2.75) is 38.8 Å². The number of sulfonamides is 1. The van der Waals surface area contributed by atoms with E-state index in [9.17, 15) is 18.0 Å². The summed E-state index contributed by atoms with van der Waals surface area (Å²) < 4.78 is 34.8. The van der Waals surface area contributed by atoms with Crippen molar-refractivity contribution < 1.29 is 32.6 Å². The molecular weight excluding hydrogens is 290 g/mol. The first-order valence-corrected chi connectivity index (χ1v) is 7.74. The zero-order valence-corrected chi connectivity index (χ0v) is 12.6. The van der Waals surface area contributed by atoms with Crippen LogP contribution < -0.4 is 4.72 Å². The molecule has 0 aliphatic heterocycles. The zero-order chi connectivity index (χ0) is 15.8. The van der Waals surface area contributed by atoms with E-state index in [0.29, 0.717) is 0 Å². The van der Waals surface area contributed by atoms with Gasteiger partial charge in [-0.05, 0) is 20.3 Å². The smallest absolute Gasteiger partial charge is 0.321 e. The minimum atomic E-state index is -3.78. The van der Waals surface area contributed by atoms with E-state index in [0.717, 1.165) is 0 Å². The molecule has 0 radical (unpaired) electrons. The molecule has 20 heavy (non-hydrogen) atoms. The predicted octanol–water partition coefficient (Wildman–Crippen LogP) is -0.263. The molecule has 8 nitrogen and oxygen atoms in total. The maximum atomic E-state index is 11.7. The van der Waals surface area contributed by atoms with Crippen LogP contribution in [0.4, 0.5) is 0 Å². The molecule has 0 aliphatic rings. The van der Waals surface area contributed by atoms with Crippen LogP contribution in [0, 0.1) is 0 Å². The van der Waals surface area contributed by atoms with Crippen LogP contribution in [-0.2, 0) is 29.1 Å². The fourth-order valence-electron chi connectivity index (χ4n) is 1.27. The number of carbonyl (C=O) groups excluding carboxylic acids is 1. The molecule has 0 unspecified atom stereocenters. The SMILES string of the molecule is COC(=O)CC[C@@H](NS(=O)(=O)CCOC(C)C)C(=O)O. The minimum Gasteiger partial charge on any atom is -0.480 e. The highest BCUT2D eigenvalue weighted by Crippen LogP contribution is 2.02. The Morgan fingerprint density at radius 1 is 1.30 bits per heavy atom. The molecule has 118 valence electrons. The highest BCUT2D eigenvalue weighted by Gasteiger charge is 2.24. The third-order valence-corrected chi connectivity index (χ3v) is 3.64. The second-order valence-corrected chi connectivity index (χ2v) is 6.24. The lowest BCUT2D eigenvalue weighted by molar-refractivity contribution is -0.142. The molecule has 0 fully saturated rings. The second kappa shape index (κ2) is 8.88. The molecule has 0 bridgehead atoms. The lowest BCUT2D eigenvalue weighted by Crippen LogP contribution is -2.42. The van der Waals surface area contributed by atoms with Crippen molar-refractivity contribution in [2.75, 3.05) is 19.5 Å². The Hall–Kier alpha value is -1.19. The summed E-state index contributed by atoms with van der Waals surface area (Å²) in [7, 11) is -2.61. The van der Waals surface area contributed by atoms with Crippen molar-refractivity contribution >= 4 is 22.0 Å². The number of hydrogen-bond donors (Lipinski definition) is 2. The maximum absolute atomic E-state index is 11.7. The maximum Gasteiger partial charge on any atom is 0.321 e. The number of ether oxygens (including phenoxy) is 2. The van der Waals surface area contributed by atoms with Crippen LogP contribution in [0.15, 0.2) is 0 Å². The van der Waals surface area contributed by atoms with E-state index in [1.165, 1.54) is 7.11 Å². The molecule has 0 saturated heterocycles. The predicted molar refractivity (Wildman–Crippen MR) is 70.7 cm³/mol. The Labute approximate surface area is 118 Å². The zero-order valence-electron chi connectivity index (χ0n) is 11.8. The van der Waals surface area contributed by atoms with Gasteiger partial charge in [-0.3, -0.25) is 9.59 Å². The Morgan fingerprint density at radius 3 is 2.35 bits per heavy atom. The summed E-state index contributed by atoms with van der Waals surface area (Å²) in [4.78, 5) is 21.9. The van der Waals surface area contributed by atoms with Gasteiger partial charge in [-0.25, -0.2) is 13.1 Å². The third-order valence-electron chi connectivity index (χ3n) is 2.29. The molecule has 0 saturated carbocycles. The average Bonchev–Trinajstić information content (AvgIpc) is 2.32.